The predicted molar refractivity (Wildman–Crippen MR) is 92.6 cm³/mol. The van der Waals surface area contributed by atoms with Gasteiger partial charge in [0, 0.05) is 11.8 Å². The van der Waals surface area contributed by atoms with Gasteiger partial charge in [-0.3, -0.25) is 0 Å². The SMILES string of the molecule is COc1cc(-c2cnsc2-c2ccccc2)cc(OC)c1OC. The fraction of sp³-hybridized carbons (Fsp3) is 0.167. The fourth-order valence-corrected chi connectivity index (χ4v) is 3.25. The third-order valence-electron chi connectivity index (χ3n) is 3.58. The fourth-order valence-electron chi connectivity index (χ4n) is 2.48. The van der Waals surface area contributed by atoms with Gasteiger partial charge in [0.2, 0.25) is 5.75 Å². The Morgan fingerprint density at radius 2 is 1.48 bits per heavy atom. The Morgan fingerprint density at radius 3 is 2.04 bits per heavy atom. The van der Waals surface area contributed by atoms with Crippen LogP contribution in [0.2, 0.25) is 0 Å². The van der Waals surface area contributed by atoms with Gasteiger partial charge in [0.1, 0.15) is 0 Å². The van der Waals surface area contributed by atoms with E-state index in [9.17, 15) is 0 Å². The summed E-state index contributed by atoms with van der Waals surface area (Å²) in [7, 11) is 4.83. The summed E-state index contributed by atoms with van der Waals surface area (Å²) in [5, 5.41) is 0. The van der Waals surface area contributed by atoms with E-state index in [2.05, 4.69) is 16.5 Å². The van der Waals surface area contributed by atoms with Crippen LogP contribution >= 0.6 is 11.5 Å². The summed E-state index contributed by atoms with van der Waals surface area (Å²) in [6.07, 6.45) is 1.87. The average molecular weight is 327 g/mol. The van der Waals surface area contributed by atoms with Crippen molar-refractivity contribution in [2.75, 3.05) is 21.3 Å². The van der Waals surface area contributed by atoms with Crippen molar-refractivity contribution >= 4 is 11.5 Å². The van der Waals surface area contributed by atoms with Crippen molar-refractivity contribution in [1.82, 2.24) is 4.37 Å². The molecule has 0 N–H and O–H groups in total. The van der Waals surface area contributed by atoms with E-state index in [0.717, 1.165) is 21.6 Å². The number of nitrogens with zero attached hydrogens (tertiary/aromatic N) is 1. The highest BCUT2D eigenvalue weighted by Gasteiger charge is 2.17. The van der Waals surface area contributed by atoms with Gasteiger partial charge in [0.05, 0.1) is 26.2 Å². The van der Waals surface area contributed by atoms with Crippen molar-refractivity contribution in [1.29, 1.82) is 0 Å². The maximum atomic E-state index is 5.44. The lowest BCUT2D eigenvalue weighted by Crippen LogP contribution is -1.95. The molecule has 23 heavy (non-hydrogen) atoms. The molecular weight excluding hydrogens is 310 g/mol. The number of hydrogen-bond donors (Lipinski definition) is 0. The lowest BCUT2D eigenvalue weighted by atomic mass is 10.0. The van der Waals surface area contributed by atoms with E-state index in [1.165, 1.54) is 11.5 Å². The second-order valence-corrected chi connectivity index (χ2v) is 5.65. The molecule has 3 rings (SSSR count). The van der Waals surface area contributed by atoms with Crippen molar-refractivity contribution in [3.63, 3.8) is 0 Å². The molecule has 0 unspecified atom stereocenters. The maximum absolute atomic E-state index is 5.44. The molecule has 3 aromatic rings. The number of methoxy groups -OCH3 is 3. The Morgan fingerprint density at radius 1 is 0.826 bits per heavy atom. The zero-order valence-corrected chi connectivity index (χ0v) is 14.0. The molecule has 1 aromatic heterocycles. The highest BCUT2D eigenvalue weighted by Crippen LogP contribution is 2.44. The highest BCUT2D eigenvalue weighted by atomic mass is 32.1. The first-order chi connectivity index (χ1) is 11.3. The Kier molecular flexibility index (Phi) is 4.48. The third kappa shape index (κ3) is 2.87. The van der Waals surface area contributed by atoms with Crippen LogP contribution in [-0.4, -0.2) is 25.7 Å². The molecule has 0 saturated carbocycles. The van der Waals surface area contributed by atoms with Gasteiger partial charge in [-0.25, -0.2) is 0 Å². The minimum absolute atomic E-state index is 0.586. The second-order valence-electron chi connectivity index (χ2n) is 4.85. The first kappa shape index (κ1) is 15.4. The Bertz CT molecular complexity index is 774. The molecule has 0 fully saturated rings. The number of benzene rings is 2. The molecule has 0 aliphatic rings. The van der Waals surface area contributed by atoms with Crippen molar-refractivity contribution in [2.45, 2.75) is 0 Å². The molecule has 2 aromatic carbocycles. The minimum atomic E-state index is 0.586. The van der Waals surface area contributed by atoms with Crippen LogP contribution in [0.25, 0.3) is 21.6 Å². The summed E-state index contributed by atoms with van der Waals surface area (Å²) >= 11 is 1.47. The summed E-state index contributed by atoms with van der Waals surface area (Å²) in [4.78, 5) is 1.11. The van der Waals surface area contributed by atoms with E-state index in [0.29, 0.717) is 17.2 Å². The number of rotatable bonds is 5. The normalized spacial score (nSPS) is 10.4. The molecule has 5 heteroatoms. The van der Waals surface area contributed by atoms with Crippen LogP contribution in [0, 0.1) is 0 Å². The number of aromatic nitrogens is 1. The summed E-state index contributed by atoms with van der Waals surface area (Å²) in [5.41, 5.74) is 3.16. The van der Waals surface area contributed by atoms with Crippen molar-refractivity contribution < 1.29 is 14.2 Å². The van der Waals surface area contributed by atoms with Gasteiger partial charge in [-0.15, -0.1) is 0 Å². The van der Waals surface area contributed by atoms with E-state index >= 15 is 0 Å². The summed E-state index contributed by atoms with van der Waals surface area (Å²) in [6, 6.07) is 14.1. The van der Waals surface area contributed by atoms with Crippen LogP contribution in [0.5, 0.6) is 17.2 Å². The molecule has 0 saturated heterocycles. The van der Waals surface area contributed by atoms with Crippen LogP contribution < -0.4 is 14.2 Å². The summed E-state index contributed by atoms with van der Waals surface area (Å²) in [5.74, 6) is 1.85. The highest BCUT2D eigenvalue weighted by molar-refractivity contribution is 7.10. The molecular formula is C18H17NO3S. The van der Waals surface area contributed by atoms with Crippen LogP contribution in [0.4, 0.5) is 0 Å². The standard InChI is InChI=1S/C18H17NO3S/c1-20-15-9-13(10-16(21-2)17(15)22-3)14-11-19-23-18(14)12-7-5-4-6-8-12/h4-11H,1-3H3. The van der Waals surface area contributed by atoms with Gasteiger partial charge in [0.25, 0.3) is 0 Å². The zero-order valence-electron chi connectivity index (χ0n) is 13.2. The molecule has 0 aliphatic heterocycles. The minimum Gasteiger partial charge on any atom is -0.493 e. The quantitative estimate of drug-likeness (QED) is 0.691. The van der Waals surface area contributed by atoms with Crippen molar-refractivity contribution in [3.8, 4) is 38.8 Å². The first-order valence-corrected chi connectivity index (χ1v) is 7.86. The Hall–Kier alpha value is -2.53. The van der Waals surface area contributed by atoms with Crippen LogP contribution in [-0.2, 0) is 0 Å². The van der Waals surface area contributed by atoms with Crippen molar-refractivity contribution in [3.05, 3.63) is 48.7 Å². The van der Waals surface area contributed by atoms with Gasteiger partial charge in [-0.05, 0) is 34.8 Å². The van der Waals surface area contributed by atoms with Gasteiger partial charge >= 0.3 is 0 Å². The molecule has 0 radical (unpaired) electrons. The van der Waals surface area contributed by atoms with Gasteiger partial charge in [0.15, 0.2) is 11.5 Å². The van der Waals surface area contributed by atoms with Gasteiger partial charge < -0.3 is 14.2 Å². The topological polar surface area (TPSA) is 40.6 Å². The van der Waals surface area contributed by atoms with Crippen LogP contribution in [0.1, 0.15) is 0 Å². The van der Waals surface area contributed by atoms with Crippen LogP contribution in [0.15, 0.2) is 48.7 Å². The molecule has 0 spiro atoms. The van der Waals surface area contributed by atoms with E-state index in [-0.39, 0.29) is 0 Å². The Labute approximate surface area is 139 Å². The van der Waals surface area contributed by atoms with E-state index in [1.54, 1.807) is 21.3 Å². The Balaban J connectivity index is 2.15. The van der Waals surface area contributed by atoms with Crippen LogP contribution in [0.3, 0.4) is 0 Å². The lowest BCUT2D eigenvalue weighted by Gasteiger charge is -2.14. The molecule has 118 valence electrons. The molecule has 0 aliphatic carbocycles. The molecule has 0 amide bonds. The number of ether oxygens (including phenoxy) is 3. The average Bonchev–Trinajstić information content (AvgIpc) is 3.10. The summed E-state index contributed by atoms with van der Waals surface area (Å²) < 4.78 is 20.6. The molecule has 0 atom stereocenters. The molecule has 1 heterocycles. The van der Waals surface area contributed by atoms with Gasteiger partial charge in [-0.1, -0.05) is 30.3 Å². The maximum Gasteiger partial charge on any atom is 0.203 e. The van der Waals surface area contributed by atoms with Crippen molar-refractivity contribution in [2.24, 2.45) is 0 Å². The molecule has 0 bridgehead atoms. The third-order valence-corrected chi connectivity index (χ3v) is 4.43. The molecule has 4 nitrogen and oxygen atoms in total. The first-order valence-electron chi connectivity index (χ1n) is 7.09. The van der Waals surface area contributed by atoms with E-state index in [1.807, 2.05) is 36.5 Å². The second kappa shape index (κ2) is 6.71. The largest absolute Gasteiger partial charge is 0.493 e. The lowest BCUT2D eigenvalue weighted by molar-refractivity contribution is 0.324. The zero-order chi connectivity index (χ0) is 16.2. The smallest absolute Gasteiger partial charge is 0.203 e. The monoisotopic (exact) mass is 327 g/mol. The number of hydrogen-bond acceptors (Lipinski definition) is 5. The van der Waals surface area contributed by atoms with E-state index < -0.39 is 0 Å². The van der Waals surface area contributed by atoms with E-state index in [4.69, 9.17) is 14.2 Å². The summed E-state index contributed by atoms with van der Waals surface area (Å²) in [6.45, 7) is 0. The van der Waals surface area contributed by atoms with Gasteiger partial charge in [-0.2, -0.15) is 4.37 Å². The predicted octanol–water partition coefficient (Wildman–Crippen LogP) is 4.50.